The highest BCUT2D eigenvalue weighted by molar-refractivity contribution is 7.90. The molecule has 0 saturated heterocycles. The third-order valence-electron chi connectivity index (χ3n) is 7.41. The fourth-order valence-corrected chi connectivity index (χ4v) is 6.38. The lowest BCUT2D eigenvalue weighted by atomic mass is 9.99. The Kier molecular flexibility index (Phi) is 8.16. The van der Waals surface area contributed by atoms with Gasteiger partial charge in [-0.2, -0.15) is 0 Å². The maximum absolute atomic E-state index is 12.9. The normalized spacial score (nSPS) is 13.8. The zero-order valence-electron chi connectivity index (χ0n) is 21.9. The Labute approximate surface area is 229 Å². The average Bonchev–Trinajstić information content (AvgIpc) is 3.59. The molecule has 0 fully saturated rings. The molecule has 0 spiro atoms. The van der Waals surface area contributed by atoms with Crippen molar-refractivity contribution in [2.75, 3.05) is 18.4 Å². The zero-order chi connectivity index (χ0) is 27.2. The van der Waals surface area contributed by atoms with E-state index in [1.54, 1.807) is 12.1 Å². The summed E-state index contributed by atoms with van der Waals surface area (Å²) in [6.07, 6.45) is 7.20. The fraction of sp³-hybridized carbons (Fsp3) is 0.333. The first-order valence-corrected chi connectivity index (χ1v) is 15.0. The predicted octanol–water partition coefficient (Wildman–Crippen LogP) is 4.26. The number of rotatable bonds is 9. The lowest BCUT2D eigenvalue weighted by molar-refractivity contribution is 0.241. The minimum Gasteiger partial charge on any atom is -0.338 e. The van der Waals surface area contributed by atoms with Gasteiger partial charge in [-0.3, -0.25) is 0 Å². The van der Waals surface area contributed by atoms with Crippen molar-refractivity contribution in [3.63, 3.8) is 0 Å². The summed E-state index contributed by atoms with van der Waals surface area (Å²) in [7, 11) is -4.03. The van der Waals surface area contributed by atoms with Gasteiger partial charge in [0, 0.05) is 18.8 Å². The van der Waals surface area contributed by atoms with Crippen molar-refractivity contribution in [3.8, 4) is 0 Å². The Balaban J connectivity index is 1.10. The summed E-state index contributed by atoms with van der Waals surface area (Å²) in [6, 6.07) is 17.6. The van der Waals surface area contributed by atoms with Gasteiger partial charge in [-0.1, -0.05) is 48.5 Å². The third-order valence-corrected chi connectivity index (χ3v) is 8.76. The van der Waals surface area contributed by atoms with Gasteiger partial charge in [-0.05, 0) is 96.9 Å². The van der Waals surface area contributed by atoms with Gasteiger partial charge in [0.15, 0.2) is 0 Å². The molecule has 0 heterocycles. The number of sulfonamides is 1. The molecular formula is C30H34N4O4S. The molecule has 9 heteroatoms. The predicted molar refractivity (Wildman–Crippen MR) is 152 cm³/mol. The molecule has 0 atom stereocenters. The summed E-state index contributed by atoms with van der Waals surface area (Å²) in [4.78, 5) is 24.8. The molecule has 0 saturated carbocycles. The summed E-state index contributed by atoms with van der Waals surface area (Å²) in [5, 5.41) is 8.51. The van der Waals surface area contributed by atoms with Crippen molar-refractivity contribution < 1.29 is 18.0 Å². The van der Waals surface area contributed by atoms with E-state index in [9.17, 15) is 18.0 Å². The molecule has 0 unspecified atom stereocenters. The average molecular weight is 547 g/mol. The Hall–Kier alpha value is -3.85. The van der Waals surface area contributed by atoms with E-state index in [4.69, 9.17) is 0 Å². The van der Waals surface area contributed by atoms with Crippen LogP contribution in [-0.4, -0.2) is 33.6 Å². The van der Waals surface area contributed by atoms with E-state index in [0.29, 0.717) is 19.5 Å². The minimum absolute atomic E-state index is 0.0107. The topological polar surface area (TPSA) is 116 Å². The largest absolute Gasteiger partial charge is 0.338 e. The Morgan fingerprint density at radius 3 is 1.85 bits per heavy atom. The Morgan fingerprint density at radius 1 is 0.692 bits per heavy atom. The summed E-state index contributed by atoms with van der Waals surface area (Å²) < 4.78 is 27.9. The van der Waals surface area contributed by atoms with Gasteiger partial charge in [0.1, 0.15) is 0 Å². The van der Waals surface area contributed by atoms with Crippen LogP contribution in [0.25, 0.3) is 0 Å². The van der Waals surface area contributed by atoms with Crippen LogP contribution in [0.3, 0.4) is 0 Å². The molecule has 2 aliphatic carbocycles. The second kappa shape index (κ2) is 11.9. The molecule has 0 bridgehead atoms. The van der Waals surface area contributed by atoms with Crippen LogP contribution in [-0.2, 0) is 48.5 Å². The van der Waals surface area contributed by atoms with Crippen molar-refractivity contribution in [1.29, 1.82) is 0 Å². The lowest BCUT2D eigenvalue weighted by Gasteiger charge is -2.16. The van der Waals surface area contributed by atoms with Crippen molar-refractivity contribution in [3.05, 3.63) is 94.0 Å². The number of nitrogens with one attached hydrogen (secondary N) is 4. The smallest absolute Gasteiger partial charge is 0.333 e. The van der Waals surface area contributed by atoms with Crippen molar-refractivity contribution in [2.24, 2.45) is 0 Å². The van der Waals surface area contributed by atoms with Gasteiger partial charge in [-0.15, -0.1) is 0 Å². The van der Waals surface area contributed by atoms with Gasteiger partial charge < -0.3 is 16.0 Å². The lowest BCUT2D eigenvalue weighted by Crippen LogP contribution is -2.37. The van der Waals surface area contributed by atoms with E-state index >= 15 is 0 Å². The van der Waals surface area contributed by atoms with Gasteiger partial charge >= 0.3 is 12.1 Å². The Bertz CT molecular complexity index is 1420. The van der Waals surface area contributed by atoms with Crippen LogP contribution in [0.2, 0.25) is 0 Å². The number of anilines is 1. The van der Waals surface area contributed by atoms with Crippen molar-refractivity contribution >= 4 is 27.8 Å². The number of aryl methyl sites for hydroxylation is 2. The highest BCUT2D eigenvalue weighted by Crippen LogP contribution is 2.38. The number of hydrogen-bond acceptors (Lipinski definition) is 4. The van der Waals surface area contributed by atoms with Crippen LogP contribution in [0, 0.1) is 0 Å². The third kappa shape index (κ3) is 6.60. The van der Waals surface area contributed by atoms with E-state index in [1.165, 1.54) is 23.3 Å². The molecule has 4 N–H and O–H groups in total. The van der Waals surface area contributed by atoms with E-state index < -0.39 is 16.1 Å². The molecule has 2 aliphatic rings. The molecule has 0 radical (unpaired) electrons. The number of hydrogen-bond donors (Lipinski definition) is 4. The van der Waals surface area contributed by atoms with E-state index in [-0.39, 0.29) is 10.9 Å². The van der Waals surface area contributed by atoms with Gasteiger partial charge in [0.2, 0.25) is 0 Å². The summed E-state index contributed by atoms with van der Waals surface area (Å²) in [5.41, 5.74) is 7.66. The van der Waals surface area contributed by atoms with E-state index in [2.05, 4.69) is 26.7 Å². The maximum atomic E-state index is 12.9. The van der Waals surface area contributed by atoms with Crippen LogP contribution in [0.15, 0.2) is 65.6 Å². The fourth-order valence-electron chi connectivity index (χ4n) is 5.47. The number of urea groups is 2. The van der Waals surface area contributed by atoms with E-state index in [1.807, 2.05) is 30.3 Å². The molecule has 5 rings (SSSR count). The summed E-state index contributed by atoms with van der Waals surface area (Å²) in [6.45, 7) is 0.952. The highest BCUT2D eigenvalue weighted by Gasteiger charge is 2.26. The standard InChI is InChI=1S/C30H34N4O4S/c35-29(31-18-16-21-6-2-1-3-7-21)32-19-17-22-12-14-25(15-13-22)39(37,38)34-30(36)33-28-26-10-4-8-23(26)20-24-9-5-11-27(24)28/h1-3,6-7,12-15,20H,4-5,8-11,16-19H2,(H2,31,32,35)(H2,33,34,36). The molecule has 204 valence electrons. The molecule has 3 aromatic rings. The maximum Gasteiger partial charge on any atom is 0.333 e. The number of carbonyl (C=O) groups excluding carboxylic acids is 2. The molecule has 4 amide bonds. The quantitative estimate of drug-likeness (QED) is 0.321. The first-order chi connectivity index (χ1) is 18.9. The first-order valence-electron chi connectivity index (χ1n) is 13.5. The minimum atomic E-state index is -4.03. The van der Waals surface area contributed by atoms with Crippen molar-refractivity contribution in [1.82, 2.24) is 15.4 Å². The molecule has 0 aromatic heterocycles. The van der Waals surface area contributed by atoms with Crippen LogP contribution in [0.1, 0.15) is 46.2 Å². The molecule has 3 aromatic carbocycles. The number of carbonyl (C=O) groups is 2. The van der Waals surface area contributed by atoms with Gasteiger partial charge in [0.05, 0.1) is 4.90 Å². The van der Waals surface area contributed by atoms with Crippen LogP contribution < -0.4 is 20.7 Å². The van der Waals surface area contributed by atoms with Crippen LogP contribution in [0.4, 0.5) is 15.3 Å². The van der Waals surface area contributed by atoms with Gasteiger partial charge in [0.25, 0.3) is 10.0 Å². The summed E-state index contributed by atoms with van der Waals surface area (Å²) >= 11 is 0. The monoisotopic (exact) mass is 546 g/mol. The number of benzene rings is 3. The van der Waals surface area contributed by atoms with Crippen molar-refractivity contribution in [2.45, 2.75) is 56.3 Å². The van der Waals surface area contributed by atoms with Crippen LogP contribution >= 0.6 is 0 Å². The molecule has 39 heavy (non-hydrogen) atoms. The first kappa shape index (κ1) is 26.7. The summed E-state index contributed by atoms with van der Waals surface area (Å²) in [5.74, 6) is 0. The molecular weight excluding hydrogens is 512 g/mol. The Morgan fingerprint density at radius 2 is 1.26 bits per heavy atom. The highest BCUT2D eigenvalue weighted by atomic mass is 32.2. The second-order valence-corrected chi connectivity index (χ2v) is 11.8. The number of amides is 4. The molecule has 0 aliphatic heterocycles. The SMILES string of the molecule is O=C(NCCc1ccccc1)NCCc1ccc(S(=O)(=O)NC(=O)Nc2c3c(cc4c2CCC4)CCC3)cc1. The van der Waals surface area contributed by atoms with Gasteiger partial charge in [-0.25, -0.2) is 22.7 Å². The zero-order valence-corrected chi connectivity index (χ0v) is 22.7. The number of fused-ring (bicyclic) bond motifs is 2. The second-order valence-electron chi connectivity index (χ2n) is 10.1. The molecule has 8 nitrogen and oxygen atoms in total. The van der Waals surface area contributed by atoms with E-state index in [0.717, 1.165) is 72.9 Å². The van der Waals surface area contributed by atoms with Crippen LogP contribution in [0.5, 0.6) is 0 Å².